The van der Waals surface area contributed by atoms with Crippen LogP contribution < -0.4 is 15.5 Å². The molecule has 0 aromatic heterocycles. The predicted octanol–water partition coefficient (Wildman–Crippen LogP) is 3.01. The highest BCUT2D eigenvalue weighted by molar-refractivity contribution is 6.06. The summed E-state index contributed by atoms with van der Waals surface area (Å²) >= 11 is 0. The number of phenolic OH excluding ortho intramolecular Hbond substituents is 1. The van der Waals surface area contributed by atoms with Crippen LogP contribution in [0.25, 0.3) is 0 Å². The van der Waals surface area contributed by atoms with Gasteiger partial charge in [0.25, 0.3) is 0 Å². The molecule has 2 aromatic carbocycles. The average Bonchev–Trinajstić information content (AvgIpc) is 3.02. The number of fused-ring (bicyclic) bond motifs is 2. The zero-order chi connectivity index (χ0) is 15.4. The average molecular weight is 295 g/mol. The summed E-state index contributed by atoms with van der Waals surface area (Å²) in [5, 5.41) is 16.2. The fourth-order valence-electron chi connectivity index (χ4n) is 3.20. The number of carbonyl (C=O) groups is 1. The number of likely N-dealkylation sites (N-methyl/N-ethyl adjacent to an activating group) is 1. The highest BCUT2D eigenvalue weighted by Gasteiger charge is 2.34. The normalized spacial score (nSPS) is 22.1. The third-order valence-corrected chi connectivity index (χ3v) is 4.52. The summed E-state index contributed by atoms with van der Waals surface area (Å²) in [5.74, 6) is 0.292. The Morgan fingerprint density at radius 3 is 2.41 bits per heavy atom. The summed E-state index contributed by atoms with van der Waals surface area (Å²) in [6, 6.07) is 11.2. The molecule has 2 aliphatic rings. The van der Waals surface area contributed by atoms with E-state index in [9.17, 15) is 9.90 Å². The van der Waals surface area contributed by atoms with Crippen LogP contribution >= 0.6 is 0 Å². The zero-order valence-corrected chi connectivity index (χ0v) is 12.4. The van der Waals surface area contributed by atoms with E-state index in [0.29, 0.717) is 0 Å². The van der Waals surface area contributed by atoms with Crippen molar-refractivity contribution in [1.82, 2.24) is 0 Å². The number of amides is 1. The topological polar surface area (TPSA) is 64.6 Å². The number of anilines is 3. The minimum Gasteiger partial charge on any atom is -0.508 e. The monoisotopic (exact) mass is 295 g/mol. The second-order valence-electron chi connectivity index (χ2n) is 5.89. The fraction of sp³-hybridized carbons (Fsp3) is 0.235. The van der Waals surface area contributed by atoms with Crippen molar-refractivity contribution in [3.8, 4) is 5.75 Å². The lowest BCUT2D eigenvalue weighted by Crippen LogP contribution is -2.22. The molecule has 0 saturated heterocycles. The van der Waals surface area contributed by atoms with Gasteiger partial charge in [-0.1, -0.05) is 12.1 Å². The first-order valence-corrected chi connectivity index (χ1v) is 7.32. The van der Waals surface area contributed by atoms with Crippen LogP contribution in [0.1, 0.15) is 30.1 Å². The first kappa shape index (κ1) is 13.0. The first-order valence-electron chi connectivity index (χ1n) is 7.32. The molecule has 2 aromatic rings. The Kier molecular flexibility index (Phi) is 2.60. The Balaban J connectivity index is 1.69. The minimum absolute atomic E-state index is 0.0329. The highest BCUT2D eigenvalue weighted by atomic mass is 16.3. The van der Waals surface area contributed by atoms with Gasteiger partial charge in [-0.15, -0.1) is 0 Å². The lowest BCUT2D eigenvalue weighted by atomic mass is 10.0. The van der Waals surface area contributed by atoms with Crippen molar-refractivity contribution in [3.63, 3.8) is 0 Å². The van der Waals surface area contributed by atoms with Gasteiger partial charge in [0.2, 0.25) is 5.91 Å². The maximum Gasteiger partial charge on any atom is 0.234 e. The van der Waals surface area contributed by atoms with Crippen molar-refractivity contribution >= 4 is 23.0 Å². The van der Waals surface area contributed by atoms with Gasteiger partial charge in [0.15, 0.2) is 0 Å². The smallest absolute Gasteiger partial charge is 0.234 e. The van der Waals surface area contributed by atoms with Crippen molar-refractivity contribution in [2.45, 2.75) is 19.0 Å². The summed E-state index contributed by atoms with van der Waals surface area (Å²) in [6.45, 7) is 1.94. The van der Waals surface area contributed by atoms with Gasteiger partial charge in [-0.2, -0.15) is 0 Å². The standard InChI is InChI=1S/C17H17N3O2/c1-9-12-7-13-14(8-15(12)20(2)17(9)22)19-16(18-13)10-3-5-11(21)6-4-10/h3-9,16,18-19,21H,1-2H3. The van der Waals surface area contributed by atoms with Crippen molar-refractivity contribution in [1.29, 1.82) is 0 Å². The van der Waals surface area contributed by atoms with Crippen LogP contribution in [0, 0.1) is 0 Å². The number of nitrogens with zero attached hydrogens (tertiary/aromatic N) is 1. The Morgan fingerprint density at radius 2 is 1.73 bits per heavy atom. The summed E-state index contributed by atoms with van der Waals surface area (Å²) < 4.78 is 0. The quantitative estimate of drug-likeness (QED) is 0.756. The van der Waals surface area contributed by atoms with Crippen LogP contribution in [0.3, 0.4) is 0 Å². The molecular formula is C17H17N3O2. The summed E-state index contributed by atoms with van der Waals surface area (Å²) in [5.41, 5.74) is 5.08. The van der Waals surface area contributed by atoms with Crippen LogP contribution in [0.2, 0.25) is 0 Å². The van der Waals surface area contributed by atoms with Crippen molar-refractivity contribution in [3.05, 3.63) is 47.5 Å². The van der Waals surface area contributed by atoms with Gasteiger partial charge in [-0.25, -0.2) is 0 Å². The highest BCUT2D eigenvalue weighted by Crippen LogP contribution is 2.45. The molecular weight excluding hydrogens is 278 g/mol. The minimum atomic E-state index is -0.0974. The molecule has 112 valence electrons. The summed E-state index contributed by atoms with van der Waals surface area (Å²) in [7, 11) is 1.82. The second kappa shape index (κ2) is 4.40. The summed E-state index contributed by atoms with van der Waals surface area (Å²) in [6.07, 6.45) is -0.0329. The van der Waals surface area contributed by atoms with Gasteiger partial charge in [0, 0.05) is 12.7 Å². The van der Waals surface area contributed by atoms with Gasteiger partial charge in [0.05, 0.1) is 17.3 Å². The number of benzene rings is 2. The maximum absolute atomic E-state index is 12.1. The molecule has 0 bridgehead atoms. The molecule has 0 saturated carbocycles. The van der Waals surface area contributed by atoms with E-state index in [1.807, 2.05) is 32.2 Å². The Bertz CT molecular complexity index is 729. The number of rotatable bonds is 1. The van der Waals surface area contributed by atoms with E-state index in [2.05, 4.69) is 16.7 Å². The molecule has 2 atom stereocenters. The molecule has 0 spiro atoms. The molecule has 2 aliphatic heterocycles. The number of phenols is 1. The second-order valence-corrected chi connectivity index (χ2v) is 5.89. The maximum atomic E-state index is 12.1. The largest absolute Gasteiger partial charge is 0.508 e. The van der Waals surface area contributed by atoms with Crippen molar-refractivity contribution in [2.75, 3.05) is 22.6 Å². The van der Waals surface area contributed by atoms with Crippen LogP contribution in [0.15, 0.2) is 36.4 Å². The molecule has 2 heterocycles. The van der Waals surface area contributed by atoms with Crippen LogP contribution in [0.4, 0.5) is 17.1 Å². The summed E-state index contributed by atoms with van der Waals surface area (Å²) in [4.78, 5) is 13.8. The van der Waals surface area contributed by atoms with Crippen molar-refractivity contribution in [2.24, 2.45) is 0 Å². The molecule has 0 radical (unpaired) electrons. The van der Waals surface area contributed by atoms with E-state index < -0.39 is 0 Å². The Hall–Kier alpha value is -2.69. The van der Waals surface area contributed by atoms with E-state index in [0.717, 1.165) is 28.2 Å². The lowest BCUT2D eigenvalue weighted by molar-refractivity contribution is -0.118. The van der Waals surface area contributed by atoms with Gasteiger partial charge in [0.1, 0.15) is 11.9 Å². The first-order chi connectivity index (χ1) is 10.5. The van der Waals surface area contributed by atoms with E-state index >= 15 is 0 Å². The molecule has 0 aliphatic carbocycles. The Labute approximate surface area is 128 Å². The van der Waals surface area contributed by atoms with Crippen LogP contribution in [-0.2, 0) is 4.79 Å². The molecule has 2 unspecified atom stereocenters. The van der Waals surface area contributed by atoms with E-state index in [-0.39, 0.29) is 23.7 Å². The number of carbonyl (C=O) groups excluding carboxylic acids is 1. The van der Waals surface area contributed by atoms with Gasteiger partial charge < -0.3 is 20.6 Å². The fourth-order valence-corrected chi connectivity index (χ4v) is 3.20. The molecule has 0 fully saturated rings. The SMILES string of the molecule is CC1C(=O)N(C)c2cc3c(cc21)NC(c1ccc(O)cc1)N3. The third kappa shape index (κ3) is 1.75. The third-order valence-electron chi connectivity index (χ3n) is 4.52. The number of hydrogen-bond acceptors (Lipinski definition) is 4. The molecule has 1 amide bonds. The molecule has 4 rings (SSSR count). The zero-order valence-electron chi connectivity index (χ0n) is 12.4. The predicted molar refractivity (Wildman–Crippen MR) is 86.4 cm³/mol. The number of hydrogen-bond donors (Lipinski definition) is 3. The Morgan fingerprint density at radius 1 is 1.09 bits per heavy atom. The van der Waals surface area contributed by atoms with E-state index in [1.54, 1.807) is 17.0 Å². The lowest BCUT2D eigenvalue weighted by Gasteiger charge is -2.13. The van der Waals surface area contributed by atoms with Gasteiger partial charge >= 0.3 is 0 Å². The van der Waals surface area contributed by atoms with Gasteiger partial charge in [-0.3, -0.25) is 4.79 Å². The molecule has 22 heavy (non-hydrogen) atoms. The molecule has 3 N–H and O–H groups in total. The van der Waals surface area contributed by atoms with E-state index in [4.69, 9.17) is 0 Å². The molecule has 5 nitrogen and oxygen atoms in total. The van der Waals surface area contributed by atoms with Crippen LogP contribution in [-0.4, -0.2) is 18.1 Å². The molecule has 5 heteroatoms. The number of aromatic hydroxyl groups is 1. The number of nitrogens with one attached hydrogen (secondary N) is 2. The van der Waals surface area contributed by atoms with E-state index in [1.165, 1.54) is 0 Å². The van der Waals surface area contributed by atoms with Crippen molar-refractivity contribution < 1.29 is 9.90 Å². The van der Waals surface area contributed by atoms with Gasteiger partial charge in [-0.05, 0) is 42.3 Å². The van der Waals surface area contributed by atoms with Crippen LogP contribution in [0.5, 0.6) is 5.75 Å².